The highest BCUT2D eigenvalue weighted by molar-refractivity contribution is 8.18. The van der Waals surface area contributed by atoms with Gasteiger partial charge in [0.1, 0.15) is 5.69 Å². The number of amides is 2. The highest BCUT2D eigenvalue weighted by Crippen LogP contribution is 2.26. The molecule has 10 heteroatoms. The molecule has 0 atom stereocenters. The van der Waals surface area contributed by atoms with Gasteiger partial charge in [-0.2, -0.15) is 0 Å². The molecule has 180 valence electrons. The van der Waals surface area contributed by atoms with Gasteiger partial charge in [-0.1, -0.05) is 0 Å². The fourth-order valence-electron chi connectivity index (χ4n) is 4.27. The maximum Gasteiger partial charge on any atom is 0.290 e. The van der Waals surface area contributed by atoms with E-state index in [-0.39, 0.29) is 11.1 Å². The highest BCUT2D eigenvalue weighted by Gasteiger charge is 2.25. The van der Waals surface area contributed by atoms with Crippen LogP contribution in [0.1, 0.15) is 29.8 Å². The number of anilines is 1. The van der Waals surface area contributed by atoms with Gasteiger partial charge in [-0.15, -0.1) is 0 Å². The molecule has 0 saturated carbocycles. The first kappa shape index (κ1) is 23.3. The van der Waals surface area contributed by atoms with E-state index in [1.807, 2.05) is 18.2 Å². The molecule has 9 nitrogen and oxygen atoms in total. The van der Waals surface area contributed by atoms with Crippen molar-refractivity contribution < 1.29 is 14.0 Å². The van der Waals surface area contributed by atoms with E-state index in [1.165, 1.54) is 0 Å². The van der Waals surface area contributed by atoms with Crippen molar-refractivity contribution in [1.29, 1.82) is 0 Å². The average molecular weight is 491 g/mol. The van der Waals surface area contributed by atoms with Crippen molar-refractivity contribution in [1.82, 2.24) is 25.6 Å². The first-order valence-corrected chi connectivity index (χ1v) is 12.4. The molecule has 0 radical (unpaired) electrons. The minimum atomic E-state index is -0.383. The lowest BCUT2D eigenvalue weighted by molar-refractivity contribution is -0.115. The van der Waals surface area contributed by atoms with Crippen molar-refractivity contribution in [2.45, 2.75) is 26.3 Å². The second-order valence-corrected chi connectivity index (χ2v) is 9.71. The number of aromatic nitrogens is 3. The normalized spacial score (nSPS) is 17.9. The minimum Gasteiger partial charge on any atom is -0.463 e. The number of nitrogens with one attached hydrogen (secondary N) is 2. The molecule has 2 aliphatic heterocycles. The molecule has 2 aliphatic rings. The molecule has 5 heterocycles. The smallest absolute Gasteiger partial charge is 0.290 e. The average Bonchev–Trinajstić information content (AvgIpc) is 3.49. The predicted molar refractivity (Wildman–Crippen MR) is 134 cm³/mol. The largest absolute Gasteiger partial charge is 0.463 e. The third kappa shape index (κ3) is 5.77. The van der Waals surface area contributed by atoms with Crippen LogP contribution in [0.2, 0.25) is 0 Å². The van der Waals surface area contributed by atoms with Crippen LogP contribution < -0.4 is 15.5 Å². The number of nitrogens with zero attached hydrogens (tertiary/aromatic N) is 4. The van der Waals surface area contributed by atoms with Gasteiger partial charge in [0.2, 0.25) is 5.95 Å². The summed E-state index contributed by atoms with van der Waals surface area (Å²) < 4.78 is 5.49. The molecular formula is C25H26N6O3S. The van der Waals surface area contributed by atoms with Gasteiger partial charge in [-0.05, 0) is 86.0 Å². The molecule has 0 aromatic carbocycles. The Bertz CT molecular complexity index is 1250. The van der Waals surface area contributed by atoms with Gasteiger partial charge in [0, 0.05) is 25.8 Å². The van der Waals surface area contributed by atoms with Crippen LogP contribution in [0.25, 0.3) is 17.5 Å². The number of imide groups is 1. The van der Waals surface area contributed by atoms with Gasteiger partial charge in [-0.25, -0.2) is 15.0 Å². The highest BCUT2D eigenvalue weighted by atomic mass is 32.2. The number of carbonyl (C=O) groups is 2. The maximum absolute atomic E-state index is 11.8. The Kier molecular flexibility index (Phi) is 6.91. The van der Waals surface area contributed by atoms with Gasteiger partial charge < -0.3 is 14.6 Å². The van der Waals surface area contributed by atoms with Gasteiger partial charge in [0.15, 0.2) is 5.76 Å². The van der Waals surface area contributed by atoms with Crippen molar-refractivity contribution >= 4 is 34.9 Å². The Morgan fingerprint density at radius 3 is 2.83 bits per heavy atom. The Labute approximate surface area is 207 Å². The van der Waals surface area contributed by atoms with Gasteiger partial charge >= 0.3 is 0 Å². The van der Waals surface area contributed by atoms with Gasteiger partial charge in [0.05, 0.1) is 22.6 Å². The van der Waals surface area contributed by atoms with E-state index in [4.69, 9.17) is 9.40 Å². The molecule has 0 bridgehead atoms. The number of pyridine rings is 1. The van der Waals surface area contributed by atoms with Crippen LogP contribution in [0.5, 0.6) is 0 Å². The van der Waals surface area contributed by atoms with Crippen molar-refractivity contribution in [3.8, 4) is 11.5 Å². The topological polar surface area (TPSA) is 113 Å². The standard InChI is InChI=1S/C25H26N6O3S/c1-16-11-19(28-20(12-16)21-3-2-10-34-21)15-26-14-17-5-8-31(9-6-17)24-27-7-4-18(29-24)13-22-23(32)30-25(33)35-22/h2-4,7,10-13,17,26H,5-6,8-9,14-15H2,1H3,(H,30,32,33). The summed E-state index contributed by atoms with van der Waals surface area (Å²) in [6.45, 7) is 5.44. The number of aryl methyl sites for hydroxylation is 1. The van der Waals surface area contributed by atoms with E-state index in [1.54, 1.807) is 24.6 Å². The number of hydrogen-bond acceptors (Lipinski definition) is 9. The first-order valence-electron chi connectivity index (χ1n) is 11.6. The summed E-state index contributed by atoms with van der Waals surface area (Å²) in [5.41, 5.74) is 3.64. The lowest BCUT2D eigenvalue weighted by Gasteiger charge is -2.32. The summed E-state index contributed by atoms with van der Waals surface area (Å²) in [5, 5.41) is 5.46. The number of piperidine rings is 1. The molecule has 3 aromatic rings. The van der Waals surface area contributed by atoms with Crippen LogP contribution in [0.4, 0.5) is 10.7 Å². The number of thioether (sulfide) groups is 1. The van der Waals surface area contributed by atoms with Crippen LogP contribution in [0, 0.1) is 12.8 Å². The van der Waals surface area contributed by atoms with Crippen LogP contribution >= 0.6 is 11.8 Å². The lowest BCUT2D eigenvalue weighted by Crippen LogP contribution is -2.38. The molecular weight excluding hydrogens is 464 g/mol. The second kappa shape index (κ2) is 10.4. The van der Waals surface area contributed by atoms with Crippen molar-refractivity contribution in [2.24, 2.45) is 5.92 Å². The lowest BCUT2D eigenvalue weighted by atomic mass is 9.97. The molecule has 2 amide bonds. The van der Waals surface area contributed by atoms with Crippen LogP contribution in [0.15, 0.2) is 52.1 Å². The zero-order chi connectivity index (χ0) is 24.2. The SMILES string of the molecule is Cc1cc(CNCC2CCN(c3nccc(C=C4SC(=O)NC4=O)n3)CC2)nc(-c2ccco2)c1. The Hall–Kier alpha value is -3.50. The van der Waals surface area contributed by atoms with Crippen LogP contribution in [0.3, 0.4) is 0 Å². The maximum atomic E-state index is 11.8. The summed E-state index contributed by atoms with van der Waals surface area (Å²) in [4.78, 5) is 39.4. The van der Waals surface area contributed by atoms with E-state index in [9.17, 15) is 9.59 Å². The van der Waals surface area contributed by atoms with Crippen LogP contribution in [-0.4, -0.2) is 45.7 Å². The summed E-state index contributed by atoms with van der Waals surface area (Å²) >= 11 is 0.888. The van der Waals surface area contributed by atoms with E-state index in [0.717, 1.165) is 66.9 Å². The summed E-state index contributed by atoms with van der Waals surface area (Å²) in [5.74, 6) is 1.61. The number of furan rings is 1. The molecule has 0 spiro atoms. The summed E-state index contributed by atoms with van der Waals surface area (Å²) in [7, 11) is 0. The van der Waals surface area contributed by atoms with Crippen LogP contribution in [-0.2, 0) is 11.3 Å². The molecule has 2 N–H and O–H groups in total. The number of rotatable bonds is 7. The van der Waals surface area contributed by atoms with Gasteiger partial charge in [-0.3, -0.25) is 14.9 Å². The van der Waals surface area contributed by atoms with Crippen molar-refractivity contribution in [3.05, 3.63) is 64.6 Å². The first-order chi connectivity index (χ1) is 17.0. The molecule has 3 aromatic heterocycles. The molecule has 0 aliphatic carbocycles. The molecule has 2 saturated heterocycles. The Morgan fingerprint density at radius 2 is 2.09 bits per heavy atom. The molecule has 2 fully saturated rings. The second-order valence-electron chi connectivity index (χ2n) is 8.69. The summed E-state index contributed by atoms with van der Waals surface area (Å²) in [6.07, 6.45) is 7.05. The monoisotopic (exact) mass is 490 g/mol. The number of carbonyl (C=O) groups excluding carboxylic acids is 2. The summed E-state index contributed by atoms with van der Waals surface area (Å²) in [6, 6.07) is 9.67. The van der Waals surface area contributed by atoms with Crippen molar-refractivity contribution in [3.63, 3.8) is 0 Å². The third-order valence-corrected chi connectivity index (χ3v) is 6.83. The Morgan fingerprint density at radius 1 is 1.23 bits per heavy atom. The zero-order valence-corrected chi connectivity index (χ0v) is 20.2. The fraction of sp³-hybridized carbons (Fsp3) is 0.320. The third-order valence-electron chi connectivity index (χ3n) is 6.02. The van der Waals surface area contributed by atoms with E-state index >= 15 is 0 Å². The van der Waals surface area contributed by atoms with E-state index in [2.05, 4.69) is 38.5 Å². The number of hydrogen-bond donors (Lipinski definition) is 2. The Balaban J connectivity index is 1.12. The van der Waals surface area contributed by atoms with Gasteiger partial charge in [0.25, 0.3) is 11.1 Å². The van der Waals surface area contributed by atoms with E-state index < -0.39 is 0 Å². The van der Waals surface area contributed by atoms with Crippen molar-refractivity contribution in [2.75, 3.05) is 24.5 Å². The predicted octanol–water partition coefficient (Wildman–Crippen LogP) is 3.77. The minimum absolute atomic E-state index is 0.351. The zero-order valence-electron chi connectivity index (χ0n) is 19.4. The fourth-order valence-corrected chi connectivity index (χ4v) is 4.94. The molecule has 5 rings (SSSR count). The quantitative estimate of drug-likeness (QED) is 0.478. The molecule has 35 heavy (non-hydrogen) atoms. The van der Waals surface area contributed by atoms with E-state index in [0.29, 0.717) is 29.0 Å². The molecule has 0 unspecified atom stereocenters.